The number of aromatic amines is 1. The van der Waals surface area contributed by atoms with E-state index in [0.29, 0.717) is 53.9 Å². The van der Waals surface area contributed by atoms with Gasteiger partial charge in [-0.3, -0.25) is 4.79 Å². The van der Waals surface area contributed by atoms with E-state index in [1.54, 1.807) is 36.4 Å². The first-order valence-corrected chi connectivity index (χ1v) is 12.3. The maximum absolute atomic E-state index is 15.1. The second kappa shape index (κ2) is 9.55. The van der Waals surface area contributed by atoms with E-state index in [9.17, 15) is 4.79 Å². The maximum Gasteiger partial charge on any atom is 0.306 e. The Bertz CT molecular complexity index is 1420. The topological polar surface area (TPSA) is 108 Å². The highest BCUT2D eigenvalue weighted by atomic mass is 19.3. The molecule has 38 heavy (non-hydrogen) atoms. The van der Waals surface area contributed by atoms with E-state index in [0.717, 1.165) is 11.1 Å². The van der Waals surface area contributed by atoms with Gasteiger partial charge in [-0.1, -0.05) is 6.07 Å². The number of tetrazole rings is 1. The molecule has 0 radical (unpaired) electrons. The highest BCUT2D eigenvalue weighted by Crippen LogP contribution is 2.48. The number of rotatable bonds is 7. The quantitative estimate of drug-likeness (QED) is 0.443. The summed E-state index contributed by atoms with van der Waals surface area (Å²) in [7, 11) is 1.35. The number of fused-ring (bicyclic) bond motifs is 1. The van der Waals surface area contributed by atoms with Gasteiger partial charge in [0.1, 0.15) is 29.1 Å². The third-order valence-electron chi connectivity index (χ3n) is 7.02. The minimum absolute atomic E-state index is 0.0376. The molecule has 1 aliphatic heterocycles. The number of H-pyrrole nitrogens is 1. The van der Waals surface area contributed by atoms with Gasteiger partial charge in [0.2, 0.25) is 0 Å². The van der Waals surface area contributed by atoms with Crippen LogP contribution in [-0.4, -0.2) is 52.3 Å². The van der Waals surface area contributed by atoms with Crippen LogP contribution in [-0.2, 0) is 9.53 Å². The zero-order valence-electron chi connectivity index (χ0n) is 20.4. The first kappa shape index (κ1) is 24.1. The van der Waals surface area contributed by atoms with Crippen LogP contribution in [0.25, 0.3) is 11.4 Å². The highest BCUT2D eigenvalue weighted by molar-refractivity contribution is 5.71. The number of aromatic nitrogens is 4. The van der Waals surface area contributed by atoms with E-state index in [-0.39, 0.29) is 23.9 Å². The average molecular weight is 523 g/mol. The Morgan fingerprint density at radius 1 is 1.18 bits per heavy atom. The van der Waals surface area contributed by atoms with Crippen LogP contribution in [0.2, 0.25) is 0 Å². The Hall–Kier alpha value is -4.28. The summed E-state index contributed by atoms with van der Waals surface area (Å²) in [5, 5.41) is 13.7. The van der Waals surface area contributed by atoms with E-state index in [1.165, 1.54) is 13.2 Å². The molecule has 2 aromatic carbocycles. The van der Waals surface area contributed by atoms with Crippen molar-refractivity contribution in [2.24, 2.45) is 0 Å². The third-order valence-corrected chi connectivity index (χ3v) is 7.02. The number of alkyl halides is 2. The molecule has 1 N–H and O–H groups in total. The Labute approximate surface area is 216 Å². The van der Waals surface area contributed by atoms with Crippen LogP contribution in [0.1, 0.15) is 37.2 Å². The minimum atomic E-state index is -3.04. The van der Waals surface area contributed by atoms with Gasteiger partial charge in [0.25, 0.3) is 5.92 Å². The number of benzene rings is 2. The first-order valence-electron chi connectivity index (χ1n) is 12.3. The first-order chi connectivity index (χ1) is 18.4. The predicted molar refractivity (Wildman–Crippen MR) is 130 cm³/mol. The average Bonchev–Trinajstić information content (AvgIpc) is 3.68. The molecule has 1 aromatic heterocycles. The van der Waals surface area contributed by atoms with E-state index in [1.807, 2.05) is 6.07 Å². The van der Waals surface area contributed by atoms with Crippen molar-refractivity contribution in [3.05, 3.63) is 71.0 Å². The van der Waals surface area contributed by atoms with Crippen molar-refractivity contribution in [1.82, 2.24) is 20.6 Å². The Morgan fingerprint density at radius 3 is 2.76 bits per heavy atom. The van der Waals surface area contributed by atoms with Crippen LogP contribution in [0, 0.1) is 0 Å². The molecule has 196 valence electrons. The second-order valence-electron chi connectivity index (χ2n) is 9.38. The molecule has 2 atom stereocenters. The van der Waals surface area contributed by atoms with Crippen LogP contribution >= 0.6 is 0 Å². The van der Waals surface area contributed by atoms with Crippen LogP contribution in [0.4, 0.5) is 8.78 Å². The molecule has 0 amide bonds. The summed E-state index contributed by atoms with van der Waals surface area (Å²) in [6.45, 7) is 0.354. The molecule has 0 unspecified atom stereocenters. The van der Waals surface area contributed by atoms with Gasteiger partial charge in [-0.05, 0) is 59.7 Å². The molecule has 11 heteroatoms. The number of methoxy groups -OCH3 is 1. The zero-order valence-corrected chi connectivity index (χ0v) is 20.4. The number of hydrogen-bond acceptors (Lipinski definition) is 8. The van der Waals surface area contributed by atoms with Crippen molar-refractivity contribution in [2.45, 2.75) is 43.6 Å². The summed E-state index contributed by atoms with van der Waals surface area (Å²) >= 11 is 0. The fraction of sp³-hybridized carbons (Fsp3) is 0.333. The number of esters is 1. The lowest BCUT2D eigenvalue weighted by atomic mass is 9.93. The van der Waals surface area contributed by atoms with Gasteiger partial charge >= 0.3 is 5.97 Å². The number of halogens is 2. The normalized spacial score (nSPS) is 21.3. The van der Waals surface area contributed by atoms with Gasteiger partial charge in [-0.2, -0.15) is 0 Å². The molecule has 0 bridgehead atoms. The number of allylic oxidation sites excluding steroid dienone is 2. The van der Waals surface area contributed by atoms with Crippen molar-refractivity contribution in [3.8, 4) is 28.6 Å². The van der Waals surface area contributed by atoms with Crippen LogP contribution in [0.3, 0.4) is 0 Å². The molecule has 2 aliphatic carbocycles. The standard InChI is InChI=1S/C27H24F2N4O5/c1-35-24(34)12-16-14-36-23-13-18(6-7-19(16)23)38-22-9-8-20-21(10-11-27(28,29)25(20)22)37-17-4-2-15(3-5-17)26-30-32-33-31-26/h2-7,10,13,16,22H,8-9,11-12,14H2,1H3,(H,30,31,32,33)/t16-,22-/m1/s1. The summed E-state index contributed by atoms with van der Waals surface area (Å²) in [6.07, 6.45) is 1.21. The number of hydrogen-bond donors (Lipinski definition) is 1. The lowest BCUT2D eigenvalue weighted by Crippen LogP contribution is -2.32. The SMILES string of the molecule is COC(=O)C[C@@H]1COc2cc(O[C@@H]3CCC4=C3C(F)(F)CC=C4Oc3ccc(-c4nnn[nH]4)cc3)ccc21. The second-order valence-corrected chi connectivity index (χ2v) is 9.38. The zero-order chi connectivity index (χ0) is 26.3. The summed E-state index contributed by atoms with van der Waals surface area (Å²) in [4.78, 5) is 11.7. The maximum atomic E-state index is 15.1. The molecular formula is C27H24F2N4O5. The molecular weight excluding hydrogens is 498 g/mol. The largest absolute Gasteiger partial charge is 0.492 e. The predicted octanol–water partition coefficient (Wildman–Crippen LogP) is 4.75. The molecule has 3 aliphatic rings. The summed E-state index contributed by atoms with van der Waals surface area (Å²) < 4.78 is 52.9. The van der Waals surface area contributed by atoms with Gasteiger partial charge in [-0.25, -0.2) is 13.9 Å². The molecule has 0 spiro atoms. The highest BCUT2D eigenvalue weighted by Gasteiger charge is 2.48. The third kappa shape index (κ3) is 4.48. The number of ether oxygens (including phenoxy) is 4. The fourth-order valence-electron chi connectivity index (χ4n) is 5.17. The van der Waals surface area contributed by atoms with E-state index >= 15 is 8.78 Å². The van der Waals surface area contributed by atoms with Gasteiger partial charge in [0, 0.05) is 40.7 Å². The Morgan fingerprint density at radius 2 is 2.00 bits per heavy atom. The molecule has 0 saturated carbocycles. The summed E-state index contributed by atoms with van der Waals surface area (Å²) in [5.41, 5.74) is 2.09. The monoisotopic (exact) mass is 522 g/mol. The van der Waals surface area contributed by atoms with Gasteiger partial charge < -0.3 is 18.9 Å². The molecule has 0 fully saturated rings. The number of carbonyl (C=O) groups excluding carboxylic acids is 1. The lowest BCUT2D eigenvalue weighted by molar-refractivity contribution is -0.141. The molecule has 6 rings (SSSR count). The summed E-state index contributed by atoms with van der Waals surface area (Å²) in [5.74, 6) is -0.970. The minimum Gasteiger partial charge on any atom is -0.492 e. The Kier molecular flexibility index (Phi) is 6.05. The van der Waals surface area contributed by atoms with Crippen LogP contribution < -0.4 is 14.2 Å². The van der Waals surface area contributed by atoms with E-state index < -0.39 is 18.4 Å². The van der Waals surface area contributed by atoms with E-state index in [4.69, 9.17) is 18.9 Å². The number of nitrogens with zero attached hydrogens (tertiary/aromatic N) is 3. The Balaban J connectivity index is 1.19. The molecule has 2 heterocycles. The van der Waals surface area contributed by atoms with Crippen molar-refractivity contribution in [3.63, 3.8) is 0 Å². The van der Waals surface area contributed by atoms with Crippen molar-refractivity contribution in [1.29, 1.82) is 0 Å². The van der Waals surface area contributed by atoms with Crippen molar-refractivity contribution >= 4 is 5.97 Å². The fourth-order valence-corrected chi connectivity index (χ4v) is 5.17. The van der Waals surface area contributed by atoms with Gasteiger partial charge in [-0.15, -0.1) is 5.10 Å². The van der Waals surface area contributed by atoms with Gasteiger partial charge in [0.05, 0.1) is 20.1 Å². The summed E-state index contributed by atoms with van der Waals surface area (Å²) in [6, 6.07) is 12.3. The smallest absolute Gasteiger partial charge is 0.306 e. The number of nitrogens with one attached hydrogen (secondary N) is 1. The lowest BCUT2D eigenvalue weighted by Gasteiger charge is -2.28. The number of carbonyl (C=O) groups is 1. The van der Waals surface area contributed by atoms with Crippen molar-refractivity contribution in [2.75, 3.05) is 13.7 Å². The van der Waals surface area contributed by atoms with Crippen LogP contribution in [0.5, 0.6) is 17.2 Å². The molecule has 3 aromatic rings. The van der Waals surface area contributed by atoms with Crippen LogP contribution in [0.15, 0.2) is 65.4 Å². The van der Waals surface area contributed by atoms with Crippen molar-refractivity contribution < 1.29 is 32.5 Å². The molecule has 9 nitrogen and oxygen atoms in total. The molecule has 0 saturated heterocycles. The van der Waals surface area contributed by atoms with Gasteiger partial charge in [0.15, 0.2) is 5.82 Å². The van der Waals surface area contributed by atoms with E-state index in [2.05, 4.69) is 20.6 Å².